The predicted octanol–water partition coefficient (Wildman–Crippen LogP) is 4.03. The average Bonchev–Trinajstić information content (AvgIpc) is 2.53. The summed E-state index contributed by atoms with van der Waals surface area (Å²) < 4.78 is 16.8. The summed E-state index contributed by atoms with van der Waals surface area (Å²) in [7, 11) is 4.85. The van der Waals surface area contributed by atoms with Crippen LogP contribution in [-0.4, -0.2) is 26.4 Å². The van der Waals surface area contributed by atoms with Crippen LogP contribution >= 0.6 is 0 Å². The van der Waals surface area contributed by atoms with E-state index in [4.69, 9.17) is 14.2 Å². The van der Waals surface area contributed by atoms with Crippen molar-refractivity contribution >= 4 is 21.5 Å². The van der Waals surface area contributed by atoms with Crippen LogP contribution in [0, 0.1) is 6.92 Å². The molecule has 4 nitrogen and oxygen atoms in total. The first-order valence-corrected chi connectivity index (χ1v) is 6.97. The van der Waals surface area contributed by atoms with Crippen molar-refractivity contribution in [1.29, 1.82) is 0 Å². The van der Waals surface area contributed by atoms with Crippen molar-refractivity contribution in [2.75, 3.05) is 21.3 Å². The number of rotatable bonds is 3. The summed E-state index contributed by atoms with van der Waals surface area (Å²) in [5.41, 5.74) is 1.02. The molecule has 0 bridgehead atoms. The van der Waals surface area contributed by atoms with E-state index >= 15 is 0 Å². The number of fused-ring (bicyclic) bond motifs is 2. The van der Waals surface area contributed by atoms with E-state index < -0.39 is 0 Å². The molecule has 0 aromatic heterocycles. The van der Waals surface area contributed by atoms with Crippen LogP contribution in [-0.2, 0) is 0 Å². The summed E-state index contributed by atoms with van der Waals surface area (Å²) in [4.78, 5) is 0. The van der Waals surface area contributed by atoms with Gasteiger partial charge in [-0.2, -0.15) is 0 Å². The molecule has 3 aromatic rings. The van der Waals surface area contributed by atoms with Crippen LogP contribution in [0.4, 0.5) is 0 Å². The Labute approximate surface area is 128 Å². The van der Waals surface area contributed by atoms with E-state index in [1.54, 1.807) is 33.5 Å². The molecule has 0 amide bonds. The minimum absolute atomic E-state index is 0.164. The molecule has 0 spiro atoms. The lowest BCUT2D eigenvalue weighted by atomic mass is 9.96. The number of aromatic hydroxyl groups is 1. The number of benzene rings is 3. The summed E-state index contributed by atoms with van der Waals surface area (Å²) in [6, 6.07) is 9.21. The van der Waals surface area contributed by atoms with Gasteiger partial charge in [-0.25, -0.2) is 0 Å². The molecule has 0 saturated carbocycles. The molecule has 0 fully saturated rings. The van der Waals surface area contributed by atoms with Crippen LogP contribution in [0.3, 0.4) is 0 Å². The fraction of sp³-hybridized carbons (Fsp3) is 0.222. The van der Waals surface area contributed by atoms with Gasteiger partial charge >= 0.3 is 0 Å². The summed E-state index contributed by atoms with van der Waals surface area (Å²) in [5, 5.41) is 13.5. The second kappa shape index (κ2) is 5.30. The first-order valence-electron chi connectivity index (χ1n) is 6.97. The monoisotopic (exact) mass is 298 g/mol. The molecule has 22 heavy (non-hydrogen) atoms. The molecule has 0 saturated heterocycles. The zero-order valence-corrected chi connectivity index (χ0v) is 13.1. The second-order valence-corrected chi connectivity index (χ2v) is 5.10. The van der Waals surface area contributed by atoms with Crippen LogP contribution in [0.1, 0.15) is 5.56 Å². The quantitative estimate of drug-likeness (QED) is 0.742. The molecule has 4 heteroatoms. The topological polar surface area (TPSA) is 47.9 Å². The number of aryl methyl sites for hydroxylation is 1. The van der Waals surface area contributed by atoms with Gasteiger partial charge in [0.05, 0.1) is 32.1 Å². The van der Waals surface area contributed by atoms with E-state index in [-0.39, 0.29) is 5.75 Å². The third kappa shape index (κ3) is 1.84. The normalized spacial score (nSPS) is 10.9. The van der Waals surface area contributed by atoms with Crippen molar-refractivity contribution in [3.05, 3.63) is 35.9 Å². The van der Waals surface area contributed by atoms with Gasteiger partial charge in [-0.1, -0.05) is 18.2 Å². The maximum atomic E-state index is 10.3. The molecule has 0 unspecified atom stereocenters. The zero-order valence-electron chi connectivity index (χ0n) is 13.1. The van der Waals surface area contributed by atoms with Crippen LogP contribution < -0.4 is 14.2 Å². The average molecular weight is 298 g/mol. The van der Waals surface area contributed by atoms with Crippen LogP contribution in [0.5, 0.6) is 23.0 Å². The zero-order chi connectivity index (χ0) is 15.9. The van der Waals surface area contributed by atoms with Gasteiger partial charge in [0.15, 0.2) is 0 Å². The number of hydrogen-bond donors (Lipinski definition) is 1. The van der Waals surface area contributed by atoms with E-state index in [0.29, 0.717) is 22.6 Å². The molecule has 0 radical (unpaired) electrons. The molecular weight excluding hydrogens is 280 g/mol. The van der Waals surface area contributed by atoms with E-state index in [1.807, 2.05) is 25.1 Å². The largest absolute Gasteiger partial charge is 0.507 e. The highest BCUT2D eigenvalue weighted by Crippen LogP contribution is 2.49. The standard InChI is InChI=1S/C18H18O4/c1-10-8-9-13(20-2)16-14(10)18(22-4)15-11(17(16)21-3)6-5-7-12(15)19/h5-9,19H,1-4H3. The molecular formula is C18H18O4. The molecule has 0 heterocycles. The highest BCUT2D eigenvalue weighted by molar-refractivity contribution is 6.15. The van der Waals surface area contributed by atoms with E-state index in [0.717, 1.165) is 21.7 Å². The molecule has 0 aliphatic carbocycles. The lowest BCUT2D eigenvalue weighted by Gasteiger charge is -2.19. The molecule has 0 atom stereocenters. The minimum atomic E-state index is 0.164. The number of methoxy groups -OCH3 is 3. The highest BCUT2D eigenvalue weighted by Gasteiger charge is 2.21. The first-order chi connectivity index (χ1) is 10.6. The van der Waals surface area contributed by atoms with Crippen molar-refractivity contribution in [2.24, 2.45) is 0 Å². The Balaban J connectivity index is 2.71. The fourth-order valence-electron chi connectivity index (χ4n) is 3.02. The number of hydrogen-bond acceptors (Lipinski definition) is 4. The third-order valence-electron chi connectivity index (χ3n) is 3.97. The van der Waals surface area contributed by atoms with Gasteiger partial charge in [0.1, 0.15) is 23.0 Å². The Kier molecular flexibility index (Phi) is 3.45. The fourth-order valence-corrected chi connectivity index (χ4v) is 3.02. The summed E-state index contributed by atoms with van der Waals surface area (Å²) in [6.07, 6.45) is 0. The van der Waals surface area contributed by atoms with Gasteiger partial charge in [-0.3, -0.25) is 0 Å². The number of phenolic OH excluding ortho intramolecular Hbond substituents is 1. The molecule has 3 rings (SSSR count). The van der Waals surface area contributed by atoms with Gasteiger partial charge < -0.3 is 19.3 Å². The summed E-state index contributed by atoms with van der Waals surface area (Å²) in [5.74, 6) is 2.17. The van der Waals surface area contributed by atoms with E-state index in [9.17, 15) is 5.11 Å². The highest BCUT2D eigenvalue weighted by atomic mass is 16.5. The van der Waals surface area contributed by atoms with Gasteiger partial charge in [0, 0.05) is 10.8 Å². The van der Waals surface area contributed by atoms with Crippen LogP contribution in [0.25, 0.3) is 21.5 Å². The maximum Gasteiger partial charge on any atom is 0.138 e. The van der Waals surface area contributed by atoms with Crippen molar-refractivity contribution < 1.29 is 19.3 Å². The summed E-state index contributed by atoms with van der Waals surface area (Å²) in [6.45, 7) is 2.00. The second-order valence-electron chi connectivity index (χ2n) is 5.10. The van der Waals surface area contributed by atoms with Crippen LogP contribution in [0.2, 0.25) is 0 Å². The minimum Gasteiger partial charge on any atom is -0.507 e. The van der Waals surface area contributed by atoms with Crippen molar-refractivity contribution in [1.82, 2.24) is 0 Å². The Hall–Kier alpha value is -2.62. The van der Waals surface area contributed by atoms with Gasteiger partial charge in [-0.05, 0) is 24.6 Å². The molecule has 0 aliphatic rings. The lowest BCUT2D eigenvalue weighted by molar-refractivity contribution is 0.403. The Morgan fingerprint density at radius 2 is 1.50 bits per heavy atom. The van der Waals surface area contributed by atoms with Gasteiger partial charge in [0.2, 0.25) is 0 Å². The van der Waals surface area contributed by atoms with E-state index in [1.165, 1.54) is 0 Å². The summed E-state index contributed by atoms with van der Waals surface area (Å²) >= 11 is 0. The van der Waals surface area contributed by atoms with E-state index in [2.05, 4.69) is 0 Å². The maximum absolute atomic E-state index is 10.3. The number of phenols is 1. The number of ether oxygens (including phenoxy) is 3. The Morgan fingerprint density at radius 1 is 0.773 bits per heavy atom. The molecule has 3 aromatic carbocycles. The van der Waals surface area contributed by atoms with Crippen molar-refractivity contribution in [2.45, 2.75) is 6.92 Å². The van der Waals surface area contributed by atoms with Gasteiger partial charge in [0.25, 0.3) is 0 Å². The smallest absolute Gasteiger partial charge is 0.138 e. The third-order valence-corrected chi connectivity index (χ3v) is 3.97. The molecule has 1 N–H and O–H groups in total. The van der Waals surface area contributed by atoms with Crippen molar-refractivity contribution in [3.8, 4) is 23.0 Å². The Morgan fingerprint density at radius 3 is 2.14 bits per heavy atom. The van der Waals surface area contributed by atoms with Crippen molar-refractivity contribution in [3.63, 3.8) is 0 Å². The Bertz CT molecular complexity index is 868. The first kappa shape index (κ1) is 14.3. The SMILES string of the molecule is COc1ccc(C)c2c(OC)c3c(O)cccc3c(OC)c12. The van der Waals surface area contributed by atoms with Gasteiger partial charge in [-0.15, -0.1) is 0 Å². The predicted molar refractivity (Wildman–Crippen MR) is 87.5 cm³/mol. The van der Waals surface area contributed by atoms with Crippen LogP contribution in [0.15, 0.2) is 30.3 Å². The molecule has 0 aliphatic heterocycles. The lowest BCUT2D eigenvalue weighted by Crippen LogP contribution is -1.97. The molecule has 114 valence electrons.